The summed E-state index contributed by atoms with van der Waals surface area (Å²) < 4.78 is 5.40. The molecule has 1 fully saturated rings. The molecular weight excluding hydrogens is 274 g/mol. The van der Waals surface area contributed by atoms with E-state index in [1.54, 1.807) is 0 Å². The second kappa shape index (κ2) is 5.94. The molecule has 0 bridgehead atoms. The maximum Gasteiger partial charge on any atom is 0.259 e. The van der Waals surface area contributed by atoms with Crippen LogP contribution in [0.25, 0.3) is 11.5 Å². The molecular formula is C15H18ClN3O. The molecule has 1 aliphatic heterocycles. The van der Waals surface area contributed by atoms with Crippen LogP contribution in [0, 0.1) is 6.92 Å². The fourth-order valence-electron chi connectivity index (χ4n) is 2.55. The van der Waals surface area contributed by atoms with Gasteiger partial charge in [0.25, 0.3) is 5.89 Å². The smallest absolute Gasteiger partial charge is 0.259 e. The highest BCUT2D eigenvalue weighted by molar-refractivity contribution is 6.33. The summed E-state index contributed by atoms with van der Waals surface area (Å²) in [4.78, 5) is 4.52. The van der Waals surface area contributed by atoms with Crippen molar-refractivity contribution >= 4 is 11.6 Å². The summed E-state index contributed by atoms with van der Waals surface area (Å²) in [5.74, 6) is 1.24. The molecule has 1 aromatic heterocycles. The quantitative estimate of drug-likeness (QED) is 0.911. The van der Waals surface area contributed by atoms with Crippen LogP contribution in [0.4, 0.5) is 0 Å². The zero-order chi connectivity index (χ0) is 13.9. The molecule has 3 rings (SSSR count). The van der Waals surface area contributed by atoms with E-state index in [0.717, 1.165) is 29.9 Å². The summed E-state index contributed by atoms with van der Waals surface area (Å²) >= 11 is 6.31. The summed E-state index contributed by atoms with van der Waals surface area (Å²) in [5, 5.41) is 8.27. The van der Waals surface area contributed by atoms with Crippen molar-refractivity contribution in [3.8, 4) is 11.5 Å². The maximum absolute atomic E-state index is 6.31. The van der Waals surface area contributed by atoms with Crippen molar-refractivity contribution in [3.63, 3.8) is 0 Å². The molecule has 1 aromatic carbocycles. The topological polar surface area (TPSA) is 51.0 Å². The molecule has 2 heterocycles. The summed E-state index contributed by atoms with van der Waals surface area (Å²) in [5.41, 5.74) is 1.82. The Morgan fingerprint density at radius 2 is 2.20 bits per heavy atom. The number of hydrogen-bond acceptors (Lipinski definition) is 4. The van der Waals surface area contributed by atoms with E-state index in [2.05, 4.69) is 15.5 Å². The van der Waals surface area contributed by atoms with Crippen molar-refractivity contribution in [3.05, 3.63) is 34.6 Å². The largest absolute Gasteiger partial charge is 0.334 e. The van der Waals surface area contributed by atoms with Crippen molar-refractivity contribution in [2.45, 2.75) is 38.6 Å². The van der Waals surface area contributed by atoms with E-state index in [9.17, 15) is 0 Å². The lowest BCUT2D eigenvalue weighted by molar-refractivity contribution is 0.402. The molecule has 1 N–H and O–H groups in total. The van der Waals surface area contributed by atoms with E-state index >= 15 is 0 Å². The van der Waals surface area contributed by atoms with Gasteiger partial charge in [0.2, 0.25) is 0 Å². The zero-order valence-corrected chi connectivity index (χ0v) is 12.3. The van der Waals surface area contributed by atoms with Gasteiger partial charge in [0.15, 0.2) is 5.82 Å². The predicted molar refractivity (Wildman–Crippen MR) is 78.7 cm³/mol. The molecule has 0 saturated carbocycles. The van der Waals surface area contributed by atoms with Gasteiger partial charge in [-0.15, -0.1) is 0 Å². The van der Waals surface area contributed by atoms with Crippen LogP contribution in [0.2, 0.25) is 5.02 Å². The summed E-state index contributed by atoms with van der Waals surface area (Å²) in [6.45, 7) is 2.98. The number of nitrogens with zero attached hydrogens (tertiary/aromatic N) is 2. The van der Waals surface area contributed by atoms with Crippen molar-refractivity contribution in [1.82, 2.24) is 15.5 Å². The van der Waals surface area contributed by atoms with Gasteiger partial charge in [0.05, 0.1) is 16.6 Å². The molecule has 4 nitrogen and oxygen atoms in total. The van der Waals surface area contributed by atoms with Crippen molar-refractivity contribution in [2.24, 2.45) is 0 Å². The van der Waals surface area contributed by atoms with E-state index in [4.69, 9.17) is 16.1 Å². The van der Waals surface area contributed by atoms with Crippen LogP contribution in [0.15, 0.2) is 22.7 Å². The number of halogens is 1. The molecule has 106 valence electrons. The zero-order valence-electron chi connectivity index (χ0n) is 11.5. The lowest BCUT2D eigenvalue weighted by Crippen LogP contribution is -2.21. The number of aryl methyl sites for hydroxylation is 1. The first-order valence-corrected chi connectivity index (χ1v) is 7.46. The molecule has 1 saturated heterocycles. The number of nitrogens with one attached hydrogen (secondary N) is 1. The average Bonchev–Trinajstić information content (AvgIpc) is 2.77. The van der Waals surface area contributed by atoms with Crippen molar-refractivity contribution in [1.29, 1.82) is 0 Å². The first-order chi connectivity index (χ1) is 9.75. The van der Waals surface area contributed by atoms with E-state index in [-0.39, 0.29) is 6.04 Å². The SMILES string of the molecule is Cc1cccc(-c2nc(C3CCCCCN3)no2)c1Cl. The van der Waals surface area contributed by atoms with Gasteiger partial charge < -0.3 is 9.84 Å². The first kappa shape index (κ1) is 13.6. The van der Waals surface area contributed by atoms with Gasteiger partial charge in [-0.05, 0) is 37.9 Å². The monoisotopic (exact) mass is 291 g/mol. The first-order valence-electron chi connectivity index (χ1n) is 7.08. The predicted octanol–water partition coefficient (Wildman–Crippen LogP) is 3.90. The number of rotatable bonds is 2. The third kappa shape index (κ3) is 2.72. The highest BCUT2D eigenvalue weighted by Gasteiger charge is 2.21. The summed E-state index contributed by atoms with van der Waals surface area (Å²) in [7, 11) is 0. The van der Waals surface area contributed by atoms with Gasteiger partial charge >= 0.3 is 0 Å². The van der Waals surface area contributed by atoms with Crippen LogP contribution in [-0.2, 0) is 0 Å². The highest BCUT2D eigenvalue weighted by Crippen LogP contribution is 2.30. The molecule has 5 heteroatoms. The van der Waals surface area contributed by atoms with E-state index in [0.29, 0.717) is 10.9 Å². The highest BCUT2D eigenvalue weighted by atomic mass is 35.5. The second-order valence-corrected chi connectivity index (χ2v) is 5.63. The molecule has 1 aliphatic rings. The van der Waals surface area contributed by atoms with Gasteiger partial charge in [0.1, 0.15) is 0 Å². The lowest BCUT2D eigenvalue weighted by atomic mass is 10.1. The third-order valence-electron chi connectivity index (χ3n) is 3.74. The Bertz CT molecular complexity index is 589. The number of aromatic nitrogens is 2. The Kier molecular flexibility index (Phi) is 4.03. The second-order valence-electron chi connectivity index (χ2n) is 5.25. The van der Waals surface area contributed by atoms with Crippen LogP contribution in [0.5, 0.6) is 0 Å². The molecule has 0 amide bonds. The minimum atomic E-state index is 0.193. The number of benzene rings is 1. The normalized spacial score (nSPS) is 19.8. The van der Waals surface area contributed by atoms with Crippen LogP contribution in [0.1, 0.15) is 43.1 Å². The fraction of sp³-hybridized carbons (Fsp3) is 0.467. The average molecular weight is 292 g/mol. The Morgan fingerprint density at radius 3 is 3.10 bits per heavy atom. The Labute approximate surface area is 123 Å². The third-order valence-corrected chi connectivity index (χ3v) is 4.24. The van der Waals surface area contributed by atoms with Gasteiger partial charge in [-0.2, -0.15) is 4.98 Å². The minimum absolute atomic E-state index is 0.193. The molecule has 20 heavy (non-hydrogen) atoms. The van der Waals surface area contributed by atoms with Gasteiger partial charge in [0, 0.05) is 0 Å². The molecule has 2 aromatic rings. The minimum Gasteiger partial charge on any atom is -0.334 e. The molecule has 0 radical (unpaired) electrons. The van der Waals surface area contributed by atoms with Gasteiger partial charge in [-0.3, -0.25) is 0 Å². The van der Waals surface area contributed by atoms with E-state index < -0.39 is 0 Å². The molecule has 1 atom stereocenters. The summed E-state index contributed by atoms with van der Waals surface area (Å²) in [6, 6.07) is 6.02. The van der Waals surface area contributed by atoms with Gasteiger partial charge in [-0.1, -0.05) is 41.7 Å². The molecule has 0 aliphatic carbocycles. The lowest BCUT2D eigenvalue weighted by Gasteiger charge is -2.10. The number of hydrogen-bond donors (Lipinski definition) is 1. The standard InChI is InChI=1S/C15H18ClN3O/c1-10-6-5-7-11(13(10)16)15-18-14(19-20-15)12-8-3-2-4-9-17-12/h5-7,12,17H,2-4,8-9H2,1H3. The molecule has 1 unspecified atom stereocenters. The van der Waals surface area contributed by atoms with Crippen molar-refractivity contribution < 1.29 is 4.52 Å². The Balaban J connectivity index is 1.87. The van der Waals surface area contributed by atoms with Crippen LogP contribution >= 0.6 is 11.6 Å². The van der Waals surface area contributed by atoms with E-state index in [1.165, 1.54) is 19.3 Å². The van der Waals surface area contributed by atoms with Crippen LogP contribution < -0.4 is 5.32 Å². The van der Waals surface area contributed by atoms with Crippen LogP contribution in [0.3, 0.4) is 0 Å². The van der Waals surface area contributed by atoms with E-state index in [1.807, 2.05) is 25.1 Å². The maximum atomic E-state index is 6.31. The van der Waals surface area contributed by atoms with Crippen molar-refractivity contribution in [2.75, 3.05) is 6.54 Å². The Hall–Kier alpha value is -1.39. The fourth-order valence-corrected chi connectivity index (χ4v) is 2.75. The molecule has 0 spiro atoms. The Morgan fingerprint density at radius 1 is 1.30 bits per heavy atom. The summed E-state index contributed by atoms with van der Waals surface area (Å²) in [6.07, 6.45) is 4.73. The van der Waals surface area contributed by atoms with Gasteiger partial charge in [-0.25, -0.2) is 0 Å². The van der Waals surface area contributed by atoms with Crippen LogP contribution in [-0.4, -0.2) is 16.7 Å².